The number of Topliss-reactive ketones (excluding diaryl/α,β-unsaturated/α-hetero) is 2. The summed E-state index contributed by atoms with van der Waals surface area (Å²) in [5.74, 6) is -2.21. The number of fused-ring (bicyclic) bond motifs is 5. The van der Waals surface area contributed by atoms with E-state index in [2.05, 4.69) is 0 Å². The van der Waals surface area contributed by atoms with Crippen LogP contribution >= 0.6 is 0 Å². The van der Waals surface area contributed by atoms with Crippen molar-refractivity contribution in [1.29, 1.82) is 0 Å². The lowest BCUT2D eigenvalue weighted by Gasteiger charge is -2.62. The molecule has 0 aromatic carbocycles. The maximum Gasteiger partial charge on any atom is 0.192 e. The maximum atomic E-state index is 16.8. The number of aliphatic hydroxyl groups excluding tert-OH is 3. The van der Waals surface area contributed by atoms with Crippen LogP contribution in [0, 0.1) is 22.7 Å². The predicted octanol–water partition coefficient (Wildman–Crippen LogP) is 1.22. The van der Waals surface area contributed by atoms with Gasteiger partial charge in [0.05, 0.1) is 12.2 Å². The van der Waals surface area contributed by atoms with Gasteiger partial charge in [0.1, 0.15) is 12.4 Å². The fraction of sp³-hybridized carbons (Fsp3) is 0.708. The van der Waals surface area contributed by atoms with E-state index in [0.29, 0.717) is 18.4 Å². The van der Waals surface area contributed by atoms with Crippen molar-refractivity contribution in [2.24, 2.45) is 22.7 Å². The van der Waals surface area contributed by atoms with Gasteiger partial charge in [-0.15, -0.1) is 0 Å². The molecule has 0 amide bonds. The van der Waals surface area contributed by atoms with Crippen molar-refractivity contribution < 1.29 is 39.2 Å². The topological polar surface area (TPSA) is 132 Å². The van der Waals surface area contributed by atoms with Crippen molar-refractivity contribution in [3.63, 3.8) is 0 Å². The number of rotatable bonds is 2. The van der Waals surface area contributed by atoms with Gasteiger partial charge in [-0.1, -0.05) is 18.6 Å². The fourth-order valence-electron chi connectivity index (χ4n) is 6.85. The summed E-state index contributed by atoms with van der Waals surface area (Å²) in [4.78, 5) is 33.6. The number of ketones is 3. The lowest BCUT2D eigenvalue weighted by Crippen LogP contribution is -2.69. The third kappa shape index (κ3) is 3.10. The second-order valence-corrected chi connectivity index (χ2v) is 10.3. The van der Waals surface area contributed by atoms with Gasteiger partial charge in [0.25, 0.3) is 0 Å². The highest BCUT2D eigenvalue weighted by molar-refractivity contribution is 6.01. The Hall–Kier alpha value is -1.74. The third-order valence-corrected chi connectivity index (χ3v) is 8.43. The van der Waals surface area contributed by atoms with Gasteiger partial charge in [-0.3, -0.25) is 9.59 Å². The molecule has 3 fully saturated rings. The Morgan fingerprint density at radius 2 is 1.75 bits per heavy atom. The van der Waals surface area contributed by atoms with Crippen LogP contribution in [-0.4, -0.2) is 67.9 Å². The van der Waals surface area contributed by atoms with E-state index in [1.54, 1.807) is 13.8 Å². The van der Waals surface area contributed by atoms with E-state index in [1.807, 2.05) is 0 Å². The van der Waals surface area contributed by atoms with E-state index < -0.39 is 58.5 Å². The molecule has 0 unspecified atom stereocenters. The monoisotopic (exact) mass is 452 g/mol. The molecule has 8 atom stereocenters. The van der Waals surface area contributed by atoms with E-state index in [0.717, 1.165) is 0 Å². The molecule has 178 valence electrons. The van der Waals surface area contributed by atoms with Crippen molar-refractivity contribution in [2.75, 3.05) is 6.61 Å². The van der Waals surface area contributed by atoms with Crippen molar-refractivity contribution in [2.45, 2.75) is 76.9 Å². The van der Waals surface area contributed by atoms with Gasteiger partial charge in [-0.2, -0.15) is 0 Å². The van der Waals surface area contributed by atoms with Crippen molar-refractivity contribution in [3.8, 4) is 0 Å². The van der Waals surface area contributed by atoms with Crippen LogP contribution in [0.5, 0.6) is 0 Å². The van der Waals surface area contributed by atoms with Gasteiger partial charge in [0.2, 0.25) is 0 Å². The van der Waals surface area contributed by atoms with Crippen LogP contribution in [0.25, 0.3) is 0 Å². The van der Waals surface area contributed by atoms with Crippen LogP contribution in [0.1, 0.15) is 53.4 Å². The van der Waals surface area contributed by atoms with Gasteiger partial charge in [0, 0.05) is 16.7 Å². The molecule has 4 rings (SSSR count). The maximum absolute atomic E-state index is 16.8. The SMILES string of the molecule is CC(C)=O.C[C@]12C=CC(=O)C=C1CC[C@H]1[C@@H]3C[C@@H](O)[C@](O)(C(=O)CO)[C@@]3(C)C[C@H](O)[C@@]12F. The summed E-state index contributed by atoms with van der Waals surface area (Å²) in [5, 5.41) is 42.1. The summed E-state index contributed by atoms with van der Waals surface area (Å²) in [5.41, 5.74) is -6.12. The van der Waals surface area contributed by atoms with Crippen LogP contribution in [-0.2, 0) is 14.4 Å². The molecular formula is C24H33FO7. The second kappa shape index (κ2) is 7.94. The van der Waals surface area contributed by atoms with Gasteiger partial charge in [0.15, 0.2) is 22.8 Å². The van der Waals surface area contributed by atoms with E-state index in [9.17, 15) is 34.8 Å². The third-order valence-electron chi connectivity index (χ3n) is 8.43. The number of hydrogen-bond acceptors (Lipinski definition) is 7. The molecule has 4 aliphatic rings. The zero-order valence-electron chi connectivity index (χ0n) is 19.0. The Labute approximate surface area is 187 Å². The van der Waals surface area contributed by atoms with Crippen LogP contribution in [0.15, 0.2) is 23.8 Å². The molecule has 0 radical (unpaired) electrons. The summed E-state index contributed by atoms with van der Waals surface area (Å²) in [6.45, 7) is 5.39. The molecule has 4 aliphatic carbocycles. The van der Waals surface area contributed by atoms with E-state index >= 15 is 4.39 Å². The lowest BCUT2D eigenvalue weighted by molar-refractivity contribution is -0.222. The average Bonchev–Trinajstić information content (AvgIpc) is 2.90. The van der Waals surface area contributed by atoms with Gasteiger partial charge in [-0.25, -0.2) is 4.39 Å². The number of carbonyl (C=O) groups excluding carboxylic acids is 3. The van der Waals surface area contributed by atoms with Crippen LogP contribution < -0.4 is 0 Å². The zero-order valence-corrected chi connectivity index (χ0v) is 19.0. The Balaban J connectivity index is 0.000000668. The fourth-order valence-corrected chi connectivity index (χ4v) is 6.85. The Bertz CT molecular complexity index is 893. The molecule has 8 heteroatoms. The van der Waals surface area contributed by atoms with Gasteiger partial charge < -0.3 is 25.2 Å². The molecular weight excluding hydrogens is 419 g/mol. The molecule has 0 aromatic heterocycles. The van der Waals surface area contributed by atoms with Crippen LogP contribution in [0.2, 0.25) is 0 Å². The van der Waals surface area contributed by atoms with E-state index in [-0.39, 0.29) is 24.4 Å². The molecule has 0 saturated heterocycles. The summed E-state index contributed by atoms with van der Waals surface area (Å²) in [7, 11) is 0. The smallest absolute Gasteiger partial charge is 0.192 e. The summed E-state index contributed by atoms with van der Waals surface area (Å²) >= 11 is 0. The number of halogens is 1. The Morgan fingerprint density at radius 1 is 1.16 bits per heavy atom. The minimum Gasteiger partial charge on any atom is -0.390 e. The summed E-state index contributed by atoms with van der Waals surface area (Å²) in [6.07, 6.45) is 1.93. The Kier molecular flexibility index (Phi) is 6.17. The normalized spacial score (nSPS) is 46.8. The first-order valence-corrected chi connectivity index (χ1v) is 11.0. The molecule has 0 heterocycles. The van der Waals surface area contributed by atoms with Crippen LogP contribution in [0.3, 0.4) is 0 Å². The first kappa shape index (κ1) is 24.9. The number of allylic oxidation sites excluding steroid dienone is 4. The highest BCUT2D eigenvalue weighted by Gasteiger charge is 2.76. The van der Waals surface area contributed by atoms with Crippen molar-refractivity contribution >= 4 is 17.3 Å². The Morgan fingerprint density at radius 3 is 2.31 bits per heavy atom. The summed E-state index contributed by atoms with van der Waals surface area (Å²) < 4.78 is 16.8. The standard InChI is InChI=1S/C21H27FO6.C3H6O/c1-18-6-5-12(24)7-11(18)3-4-13-14-8-15(25)21(28,17(27)10-23)19(14,2)9-16(26)20(13,18)22;1-3(2)4/h5-7,13-16,23,25-26,28H,3-4,8-10H2,1-2H3;1-2H3/t13-,14-,15+,16-,18-,19-,20-,21-;/m0./s1. The molecule has 3 saturated carbocycles. The lowest BCUT2D eigenvalue weighted by atomic mass is 9.44. The number of hydrogen-bond donors (Lipinski definition) is 4. The first-order chi connectivity index (χ1) is 14.7. The molecule has 0 aliphatic heterocycles. The zero-order chi connectivity index (χ0) is 24.3. The average molecular weight is 453 g/mol. The van der Waals surface area contributed by atoms with E-state index in [1.165, 1.54) is 32.1 Å². The second-order valence-electron chi connectivity index (χ2n) is 10.3. The molecule has 4 N–H and O–H groups in total. The first-order valence-electron chi connectivity index (χ1n) is 11.0. The van der Waals surface area contributed by atoms with Gasteiger partial charge >= 0.3 is 0 Å². The number of aliphatic hydroxyl groups is 4. The number of alkyl halides is 1. The van der Waals surface area contributed by atoms with Crippen LogP contribution in [0.4, 0.5) is 4.39 Å². The van der Waals surface area contributed by atoms with Crippen molar-refractivity contribution in [1.82, 2.24) is 0 Å². The molecule has 0 aromatic rings. The highest BCUT2D eigenvalue weighted by atomic mass is 19.1. The van der Waals surface area contributed by atoms with Gasteiger partial charge in [-0.05, 0) is 64.5 Å². The van der Waals surface area contributed by atoms with Crippen molar-refractivity contribution in [3.05, 3.63) is 23.8 Å². The summed E-state index contributed by atoms with van der Waals surface area (Å²) in [6, 6.07) is 0. The highest BCUT2D eigenvalue weighted by Crippen LogP contribution is 2.69. The van der Waals surface area contributed by atoms with E-state index in [4.69, 9.17) is 0 Å². The molecule has 32 heavy (non-hydrogen) atoms. The largest absolute Gasteiger partial charge is 0.390 e. The molecule has 0 bridgehead atoms. The number of carbonyl (C=O) groups is 3. The quantitative estimate of drug-likeness (QED) is 0.495. The molecule has 7 nitrogen and oxygen atoms in total. The predicted molar refractivity (Wildman–Crippen MR) is 113 cm³/mol. The minimum atomic E-state index is -2.23. The minimum absolute atomic E-state index is 0.0135. The molecule has 0 spiro atoms.